The van der Waals surface area contributed by atoms with Gasteiger partial charge in [-0.15, -0.1) is 0 Å². The Morgan fingerprint density at radius 1 is 1.24 bits per heavy atom. The van der Waals surface area contributed by atoms with E-state index in [-0.39, 0.29) is 5.92 Å². The lowest BCUT2D eigenvalue weighted by molar-refractivity contribution is 0.122. The predicted molar refractivity (Wildman–Crippen MR) is 93.9 cm³/mol. The van der Waals surface area contributed by atoms with Gasteiger partial charge in [0, 0.05) is 31.4 Å². The fourth-order valence-corrected chi connectivity index (χ4v) is 3.63. The summed E-state index contributed by atoms with van der Waals surface area (Å²) in [4.78, 5) is 16.8. The van der Waals surface area contributed by atoms with Crippen LogP contribution in [-0.4, -0.2) is 51.0 Å². The second-order valence-electron chi connectivity index (χ2n) is 6.19. The largest absolute Gasteiger partial charge is 0.378 e. The highest BCUT2D eigenvalue weighted by atomic mass is 32.1. The fraction of sp³-hybridized carbons (Fsp3) is 0.500. The Bertz CT molecular complexity index is 833. The minimum atomic E-state index is 0.223. The van der Waals surface area contributed by atoms with E-state index < -0.39 is 0 Å². The van der Waals surface area contributed by atoms with Crippen molar-refractivity contribution in [3.8, 4) is 10.7 Å². The van der Waals surface area contributed by atoms with Crippen LogP contribution in [0.25, 0.3) is 10.7 Å². The molecule has 0 bridgehead atoms. The summed E-state index contributed by atoms with van der Waals surface area (Å²) in [5, 5.41) is 5.07. The van der Waals surface area contributed by atoms with E-state index in [0.717, 1.165) is 42.1 Å². The quantitative estimate of drug-likeness (QED) is 0.691. The monoisotopic (exact) mass is 360 g/mol. The molecule has 0 aliphatic carbocycles. The number of hydrogen-bond donors (Lipinski definition) is 0. The maximum atomic E-state index is 5.40. The molecule has 0 amide bonds. The highest BCUT2D eigenvalue weighted by Crippen LogP contribution is 2.30. The predicted octanol–water partition coefficient (Wildman–Crippen LogP) is 2.40. The van der Waals surface area contributed by atoms with Gasteiger partial charge < -0.3 is 18.7 Å². The van der Waals surface area contributed by atoms with Gasteiger partial charge in [0.05, 0.1) is 30.8 Å². The summed E-state index contributed by atoms with van der Waals surface area (Å²) in [5.74, 6) is 2.40. The second-order valence-corrected chi connectivity index (χ2v) is 7.20. The molecule has 3 aromatic rings. The van der Waals surface area contributed by atoms with Crippen LogP contribution >= 0.6 is 11.3 Å². The number of nitrogens with zero attached hydrogens (tertiary/aromatic N) is 6. The second kappa shape index (κ2) is 6.93. The first-order chi connectivity index (χ1) is 12.2. The van der Waals surface area contributed by atoms with Gasteiger partial charge in [0.2, 0.25) is 5.89 Å². The minimum Gasteiger partial charge on any atom is -0.378 e. The maximum absolute atomic E-state index is 5.40. The highest BCUT2D eigenvalue weighted by Gasteiger charge is 2.18. The number of ether oxygens (including phenoxy) is 1. The van der Waals surface area contributed by atoms with Crippen molar-refractivity contribution in [3.63, 3.8) is 0 Å². The first-order valence-electron chi connectivity index (χ1n) is 8.33. The van der Waals surface area contributed by atoms with Crippen LogP contribution in [0.2, 0.25) is 0 Å². The topological polar surface area (TPSA) is 82.1 Å². The third kappa shape index (κ3) is 3.42. The average Bonchev–Trinajstić information content (AvgIpc) is 3.36. The summed E-state index contributed by atoms with van der Waals surface area (Å²) in [6.45, 7) is 7.84. The molecule has 3 aromatic heterocycles. The summed E-state index contributed by atoms with van der Waals surface area (Å²) < 4.78 is 12.7. The number of aromatic nitrogens is 5. The average molecular weight is 360 g/mol. The SMILES string of the molecule is CC(C)c1nc(Cn2ccnc2-c2cnc(N3CCOCC3)s2)no1. The summed E-state index contributed by atoms with van der Waals surface area (Å²) in [6, 6.07) is 0. The molecule has 0 radical (unpaired) electrons. The highest BCUT2D eigenvalue weighted by molar-refractivity contribution is 7.18. The van der Waals surface area contributed by atoms with Crippen molar-refractivity contribution in [2.75, 3.05) is 31.2 Å². The Labute approximate surface area is 149 Å². The van der Waals surface area contributed by atoms with E-state index in [1.165, 1.54) is 0 Å². The number of thiazole rings is 1. The molecule has 0 saturated carbocycles. The first-order valence-corrected chi connectivity index (χ1v) is 9.15. The van der Waals surface area contributed by atoms with Crippen LogP contribution in [0.15, 0.2) is 23.1 Å². The number of morpholine rings is 1. The molecule has 1 aliphatic heterocycles. The number of imidazole rings is 1. The van der Waals surface area contributed by atoms with Crippen LogP contribution in [0, 0.1) is 0 Å². The molecule has 1 aliphatic rings. The van der Waals surface area contributed by atoms with Gasteiger partial charge in [-0.25, -0.2) is 9.97 Å². The molecule has 0 atom stereocenters. The molecule has 1 fully saturated rings. The van der Waals surface area contributed by atoms with Crippen LogP contribution in [0.3, 0.4) is 0 Å². The van der Waals surface area contributed by atoms with Crippen LogP contribution in [0.1, 0.15) is 31.5 Å². The Hall–Kier alpha value is -2.26. The van der Waals surface area contributed by atoms with Crippen molar-refractivity contribution in [1.82, 2.24) is 24.7 Å². The van der Waals surface area contributed by atoms with Gasteiger partial charge in [-0.1, -0.05) is 30.3 Å². The van der Waals surface area contributed by atoms with Crippen molar-refractivity contribution < 1.29 is 9.26 Å². The van der Waals surface area contributed by atoms with Gasteiger partial charge in [-0.2, -0.15) is 4.98 Å². The summed E-state index contributed by atoms with van der Waals surface area (Å²) in [5.41, 5.74) is 0. The molecule has 4 heterocycles. The van der Waals surface area contributed by atoms with E-state index in [1.807, 2.05) is 30.8 Å². The Balaban J connectivity index is 1.53. The van der Waals surface area contributed by atoms with Crippen LogP contribution in [0.5, 0.6) is 0 Å². The molecular formula is C16H20N6O2S. The Kier molecular flexibility index (Phi) is 4.50. The molecule has 8 nitrogen and oxygen atoms in total. The third-order valence-electron chi connectivity index (χ3n) is 4.00. The van der Waals surface area contributed by atoms with E-state index >= 15 is 0 Å². The van der Waals surface area contributed by atoms with Gasteiger partial charge in [0.15, 0.2) is 16.8 Å². The first kappa shape index (κ1) is 16.2. The maximum Gasteiger partial charge on any atom is 0.229 e. The standard InChI is InChI=1S/C16H20N6O2S/c1-11(2)15-19-13(20-24-15)10-22-4-3-17-14(22)12-9-18-16(25-12)21-5-7-23-8-6-21/h3-4,9,11H,5-8,10H2,1-2H3. The van der Waals surface area contributed by atoms with Crippen LogP contribution in [0.4, 0.5) is 5.13 Å². The van der Waals surface area contributed by atoms with E-state index in [2.05, 4.69) is 25.0 Å². The van der Waals surface area contributed by atoms with Crippen molar-refractivity contribution in [3.05, 3.63) is 30.3 Å². The van der Waals surface area contributed by atoms with Crippen molar-refractivity contribution in [1.29, 1.82) is 0 Å². The molecule has 132 valence electrons. The smallest absolute Gasteiger partial charge is 0.229 e. The molecule has 9 heteroatoms. The zero-order valence-corrected chi connectivity index (χ0v) is 15.1. The van der Waals surface area contributed by atoms with Crippen molar-refractivity contribution in [2.45, 2.75) is 26.3 Å². The lowest BCUT2D eigenvalue weighted by Gasteiger charge is -2.25. The van der Waals surface area contributed by atoms with E-state index in [4.69, 9.17) is 9.26 Å². The van der Waals surface area contributed by atoms with Gasteiger partial charge in [0.25, 0.3) is 0 Å². The van der Waals surface area contributed by atoms with Crippen molar-refractivity contribution in [2.24, 2.45) is 0 Å². The number of rotatable bonds is 5. The van der Waals surface area contributed by atoms with E-state index in [1.54, 1.807) is 17.5 Å². The fourth-order valence-electron chi connectivity index (χ4n) is 2.65. The minimum absolute atomic E-state index is 0.223. The molecule has 25 heavy (non-hydrogen) atoms. The Morgan fingerprint density at radius 2 is 2.08 bits per heavy atom. The summed E-state index contributed by atoms with van der Waals surface area (Å²) >= 11 is 1.64. The molecule has 4 rings (SSSR count). The molecule has 0 spiro atoms. The normalized spacial score (nSPS) is 15.2. The Morgan fingerprint density at radius 3 is 2.84 bits per heavy atom. The van der Waals surface area contributed by atoms with Gasteiger partial charge in [-0.3, -0.25) is 0 Å². The third-order valence-corrected chi connectivity index (χ3v) is 5.05. The zero-order valence-electron chi connectivity index (χ0n) is 14.3. The zero-order chi connectivity index (χ0) is 17.2. The molecule has 1 saturated heterocycles. The van der Waals surface area contributed by atoms with E-state index in [9.17, 15) is 0 Å². The lowest BCUT2D eigenvalue weighted by atomic mass is 10.2. The van der Waals surface area contributed by atoms with Crippen LogP contribution in [-0.2, 0) is 11.3 Å². The molecule has 0 unspecified atom stereocenters. The van der Waals surface area contributed by atoms with Gasteiger partial charge in [0.1, 0.15) is 0 Å². The van der Waals surface area contributed by atoms with Crippen molar-refractivity contribution >= 4 is 16.5 Å². The lowest BCUT2D eigenvalue weighted by Crippen LogP contribution is -2.36. The summed E-state index contributed by atoms with van der Waals surface area (Å²) in [7, 11) is 0. The molecular weight excluding hydrogens is 340 g/mol. The number of hydrogen-bond acceptors (Lipinski definition) is 8. The molecule has 0 aromatic carbocycles. The molecule has 0 N–H and O–H groups in total. The van der Waals surface area contributed by atoms with Gasteiger partial charge >= 0.3 is 0 Å². The van der Waals surface area contributed by atoms with Gasteiger partial charge in [-0.05, 0) is 0 Å². The summed E-state index contributed by atoms with van der Waals surface area (Å²) in [6.07, 6.45) is 5.59. The number of anilines is 1. The van der Waals surface area contributed by atoms with E-state index in [0.29, 0.717) is 18.3 Å². The van der Waals surface area contributed by atoms with Crippen LogP contribution < -0.4 is 4.90 Å².